The average molecular weight is 1850 g/mol. The SMILES string of the molecule is Cc1nc(Cl)c2cc(C)[nH]c2n1.Cc1nc(Cl)c2cc(C)n(C)c2n1.Cc1nc(Cl)c2cc(C)n(CO)c2n1.Cc1nc(Cl)c2cc(C)n(COCC[Si](C)(C)C)c2n1.Cc1nc(Cl)c2cc[nH]c2n1.Cc1nc(Cl)c2ccn(COCC[Si](C)(C)C)c2n1.Cc1nc(N)c2c(-c3ccc(N4CC(c5ccc(F)cc5F)N(C)C4=O)cc3F)c(C)n(C)c2n1. The van der Waals surface area contributed by atoms with Crippen LogP contribution in [0.25, 0.3) is 88.4 Å². The summed E-state index contributed by atoms with van der Waals surface area (Å²) in [4.78, 5) is 80.8. The number of benzene rings is 2. The van der Waals surface area contributed by atoms with Gasteiger partial charge in [0.05, 0.1) is 50.3 Å². The summed E-state index contributed by atoms with van der Waals surface area (Å²) < 4.78 is 64.4. The Labute approximate surface area is 747 Å². The summed E-state index contributed by atoms with van der Waals surface area (Å²) >= 11 is 35.9. The number of fused-ring (bicyclic) bond motifs is 7. The van der Waals surface area contributed by atoms with Crippen LogP contribution in [-0.4, -0.2) is 162 Å². The summed E-state index contributed by atoms with van der Waals surface area (Å²) in [7, 11) is 3.25. The van der Waals surface area contributed by atoms with Gasteiger partial charge in [0, 0.05) is 120 Å². The zero-order chi connectivity index (χ0) is 90.6. The number of likely N-dealkylation sites (N-methyl/N-ethyl adjacent to an activating group) is 1. The minimum atomic E-state index is -1.05. The number of aliphatic hydroxyl groups excluding tert-OH is 1. The number of urea groups is 1. The molecular formula is C85H99Cl6F3N24O4Si2. The van der Waals surface area contributed by atoms with E-state index < -0.39 is 45.7 Å². The van der Waals surface area contributed by atoms with E-state index in [-0.39, 0.29) is 24.7 Å². The summed E-state index contributed by atoms with van der Waals surface area (Å²) in [6.07, 6.45) is 3.74. The van der Waals surface area contributed by atoms with Gasteiger partial charge in [-0.1, -0.05) is 115 Å². The van der Waals surface area contributed by atoms with Gasteiger partial charge in [0.1, 0.15) is 155 Å². The lowest BCUT2D eigenvalue weighted by molar-refractivity contribution is 0.0886. The van der Waals surface area contributed by atoms with Crippen molar-refractivity contribution in [1.82, 2.24) is 107 Å². The number of aryl methyl sites for hydroxylation is 13. The number of amides is 2. The molecule has 1 aliphatic heterocycles. The van der Waals surface area contributed by atoms with Gasteiger partial charge in [-0.05, 0) is 156 Å². The molecule has 39 heteroatoms. The van der Waals surface area contributed by atoms with Crippen molar-refractivity contribution in [2.45, 2.75) is 161 Å². The van der Waals surface area contributed by atoms with Crippen LogP contribution in [-0.2, 0) is 43.8 Å². The second kappa shape index (κ2) is 39.5. The molecule has 124 heavy (non-hydrogen) atoms. The Hall–Kier alpha value is -10.3. The molecule has 0 aliphatic carbocycles. The van der Waals surface area contributed by atoms with Crippen molar-refractivity contribution in [2.75, 3.05) is 37.4 Å². The van der Waals surface area contributed by atoms with Crippen molar-refractivity contribution in [2.24, 2.45) is 14.1 Å². The molecule has 28 nitrogen and oxygen atoms in total. The lowest BCUT2D eigenvalue weighted by Gasteiger charge is -2.18. The number of hydrogen-bond donors (Lipinski definition) is 4. The highest BCUT2D eigenvalue weighted by Crippen LogP contribution is 2.41. The summed E-state index contributed by atoms with van der Waals surface area (Å²) in [6, 6.07) is 20.6. The number of aromatic nitrogens is 21. The number of carbonyl (C=O) groups is 1. The monoisotopic (exact) mass is 1840 g/mol. The first kappa shape index (κ1) is 94.4. The number of anilines is 2. The Morgan fingerprint density at radius 3 is 1.54 bits per heavy atom. The predicted molar refractivity (Wildman–Crippen MR) is 494 cm³/mol. The van der Waals surface area contributed by atoms with Gasteiger partial charge in [0.25, 0.3) is 0 Å². The van der Waals surface area contributed by atoms with E-state index in [2.05, 4.69) is 124 Å². The number of nitrogens with two attached hydrogens (primary N) is 1. The molecule has 1 saturated heterocycles. The second-order valence-electron chi connectivity index (χ2n) is 32.4. The highest BCUT2D eigenvalue weighted by atomic mass is 35.5. The molecule has 16 aromatic rings. The summed E-state index contributed by atoms with van der Waals surface area (Å²) in [5.74, 6) is 2.84. The van der Waals surface area contributed by atoms with Crippen LogP contribution in [0.5, 0.6) is 0 Å². The van der Waals surface area contributed by atoms with E-state index in [9.17, 15) is 13.6 Å². The van der Waals surface area contributed by atoms with Gasteiger partial charge < -0.3 is 58.0 Å². The number of aromatic amines is 2. The van der Waals surface area contributed by atoms with E-state index in [0.29, 0.717) is 119 Å². The van der Waals surface area contributed by atoms with Crippen molar-refractivity contribution < 1.29 is 32.5 Å². The lowest BCUT2D eigenvalue weighted by Crippen LogP contribution is -2.29. The number of nitrogen functional groups attached to an aromatic ring is 1. The minimum absolute atomic E-state index is 0.0873. The molecule has 1 atom stereocenters. The average Bonchev–Trinajstić information content (AvgIpc) is 1.59. The molecule has 1 aliphatic rings. The number of rotatable bonds is 14. The maximum absolute atomic E-state index is 15.5. The van der Waals surface area contributed by atoms with Gasteiger partial charge in [-0.25, -0.2) is 87.7 Å². The van der Waals surface area contributed by atoms with Crippen LogP contribution in [0.2, 0.25) is 82.3 Å². The normalized spacial score (nSPS) is 12.8. The second-order valence-corrected chi connectivity index (χ2v) is 45.8. The Morgan fingerprint density at radius 1 is 0.492 bits per heavy atom. The van der Waals surface area contributed by atoms with E-state index in [1.165, 1.54) is 41.1 Å². The van der Waals surface area contributed by atoms with Crippen LogP contribution in [0.3, 0.4) is 0 Å². The molecule has 5 N–H and O–H groups in total. The molecule has 15 heterocycles. The largest absolute Gasteiger partial charge is 0.383 e. The standard InChI is InChI=1S/C25H23F3N6O.C14H22ClN3OSi.C13H20ClN3OSi.C9H10ClN3O.C9H10ClN3.C8H8ClN3.C7H6ClN3/c1-12-21(22-23(29)30-13(2)31-24(22)32(12)3)17-8-6-15(10-19(17)28)34-11-20(33(4)25(34)35)16-7-5-14(26)9-18(16)27;1-10-8-12-13(15)16-11(2)17-14(12)18(10)9-19-6-7-20(3,4)5;1-10-15-12(14)11-5-6-17(13(11)16-10)9-18-7-8-19(2,3)4;1-5-3-7-8(10)11-6(2)12-9(7)13(5)4-14;1-5-4-7-8(10)11-6(2)12-9(7)13(5)3;1-4-3-6-7(9)11-5(2)12-8(6)10-4;1-4-10-6(8)5-2-3-9-7(5)11-4/h5-10,20H,11H2,1-4H3,(H2,29,30,31);8H,6-7,9H2,1-5H3;5-6H,7-9H2,1-4H3;3,14H,4H2,1-2H3;4H,1-3H3;3H,1-2H3,(H,10,11,12);2-3H,1H3,(H,9,10,11). The summed E-state index contributed by atoms with van der Waals surface area (Å²) in [5.41, 5.74) is 18.0. The fraction of sp³-hybridized carbons (Fsp3) is 0.353. The number of carbonyl (C=O) groups excluding carboxylic acids is 1. The molecule has 0 bridgehead atoms. The van der Waals surface area contributed by atoms with E-state index in [4.69, 9.17) is 89.9 Å². The van der Waals surface area contributed by atoms with E-state index in [1.807, 2.05) is 140 Å². The van der Waals surface area contributed by atoms with Crippen LogP contribution in [0.4, 0.5) is 29.5 Å². The highest BCUT2D eigenvalue weighted by molar-refractivity contribution is 6.76. The number of ether oxygens (including phenoxy) is 2. The van der Waals surface area contributed by atoms with Crippen molar-refractivity contribution in [3.05, 3.63) is 208 Å². The minimum Gasteiger partial charge on any atom is -0.383 e. The van der Waals surface area contributed by atoms with Crippen molar-refractivity contribution >= 4 is 181 Å². The first-order chi connectivity index (χ1) is 58.4. The van der Waals surface area contributed by atoms with Gasteiger partial charge in [0.2, 0.25) is 0 Å². The topological polar surface area (TPSA) is 325 Å². The van der Waals surface area contributed by atoms with Crippen molar-refractivity contribution in [3.8, 4) is 11.1 Å². The van der Waals surface area contributed by atoms with Crippen molar-refractivity contribution in [3.63, 3.8) is 0 Å². The molecule has 14 aromatic heterocycles. The molecule has 2 aromatic carbocycles. The Morgan fingerprint density at radius 2 is 0.976 bits per heavy atom. The Bertz CT molecular complexity index is 6640. The summed E-state index contributed by atoms with van der Waals surface area (Å²) in [5, 5.41) is 17.9. The van der Waals surface area contributed by atoms with Crippen LogP contribution < -0.4 is 10.6 Å². The smallest absolute Gasteiger partial charge is 0.324 e. The predicted octanol–water partition coefficient (Wildman–Crippen LogP) is 20.6. The van der Waals surface area contributed by atoms with Crippen LogP contribution in [0.15, 0.2) is 85.2 Å². The molecule has 2 amide bonds. The summed E-state index contributed by atoms with van der Waals surface area (Å²) in [6.45, 7) is 39.2. The zero-order valence-corrected chi connectivity index (χ0v) is 79.4. The Balaban J connectivity index is 0.000000147. The number of aliphatic hydroxyl groups is 1. The van der Waals surface area contributed by atoms with Crippen LogP contribution >= 0.6 is 69.6 Å². The quantitative estimate of drug-likeness (QED) is 0.0446. The van der Waals surface area contributed by atoms with Crippen molar-refractivity contribution in [1.29, 1.82) is 0 Å². The lowest BCUT2D eigenvalue weighted by atomic mass is 10.0. The molecule has 0 radical (unpaired) electrons. The molecule has 1 fully saturated rings. The zero-order valence-electron chi connectivity index (χ0n) is 72.9. The third-order valence-corrected chi connectivity index (χ3v) is 25.5. The van der Waals surface area contributed by atoms with Gasteiger partial charge >= 0.3 is 6.03 Å². The van der Waals surface area contributed by atoms with Crippen LogP contribution in [0.1, 0.15) is 80.8 Å². The van der Waals surface area contributed by atoms with Gasteiger partial charge in [0.15, 0.2) is 0 Å². The fourth-order valence-corrected chi connectivity index (χ4v) is 16.8. The third kappa shape index (κ3) is 22.1. The number of halogens is 9. The Kier molecular flexibility index (Phi) is 30.1. The molecule has 17 rings (SSSR count). The van der Waals surface area contributed by atoms with Gasteiger partial charge in [-0.15, -0.1) is 0 Å². The molecule has 1 unspecified atom stereocenters. The molecule has 0 saturated carbocycles. The maximum atomic E-state index is 15.5. The van der Waals surface area contributed by atoms with E-state index >= 15 is 4.39 Å². The first-order valence-corrected chi connectivity index (χ1v) is 49.1. The van der Waals surface area contributed by atoms with Gasteiger partial charge in [-0.2, -0.15) is 0 Å². The number of H-pyrrole nitrogens is 2. The number of hydrogen-bond acceptors (Lipinski definition) is 19. The fourth-order valence-electron chi connectivity index (χ4n) is 13.7. The van der Waals surface area contributed by atoms with E-state index in [1.54, 1.807) is 36.7 Å². The molecule has 0 spiro atoms. The third-order valence-electron chi connectivity index (χ3n) is 20.4. The molecule has 654 valence electrons. The first-order valence-electron chi connectivity index (χ1n) is 39.5. The molecular weight excluding hydrogens is 1750 g/mol. The van der Waals surface area contributed by atoms with E-state index in [0.717, 1.165) is 114 Å². The maximum Gasteiger partial charge on any atom is 0.324 e. The highest BCUT2D eigenvalue weighted by Gasteiger charge is 2.38. The van der Waals surface area contributed by atoms with Crippen LogP contribution in [0, 0.1) is 101 Å². The van der Waals surface area contributed by atoms with Gasteiger partial charge in [-0.3, -0.25) is 4.90 Å². The number of nitrogens with one attached hydrogen (secondary N) is 2. The number of nitrogens with zero attached hydrogens (tertiary/aromatic N) is 21.